The molecule has 0 amide bonds. The Bertz CT molecular complexity index is 651. The third-order valence-corrected chi connectivity index (χ3v) is 11.9. The van der Waals surface area contributed by atoms with E-state index in [0.717, 1.165) is 55.5 Å². The average molecular weight is 475 g/mol. The molecular weight excluding hydrogens is 416 g/mol. The fraction of sp³-hybridized carbons (Fsp3) is 1.00. The van der Waals surface area contributed by atoms with Crippen LogP contribution in [0.2, 0.25) is 0 Å². The summed E-state index contributed by atoms with van der Waals surface area (Å²) >= 11 is 0. The molecule has 0 aromatic heterocycles. The van der Waals surface area contributed by atoms with E-state index in [-0.39, 0.29) is 6.10 Å². The van der Waals surface area contributed by atoms with Crippen LogP contribution in [0.3, 0.4) is 0 Å². The molecule has 0 aromatic rings. The second kappa shape index (κ2) is 11.1. The van der Waals surface area contributed by atoms with Crippen LogP contribution in [0.1, 0.15) is 118 Å². The van der Waals surface area contributed by atoms with Gasteiger partial charge in [0.05, 0.1) is 6.10 Å². The van der Waals surface area contributed by atoms with Gasteiger partial charge in [0.2, 0.25) is 0 Å². The van der Waals surface area contributed by atoms with Crippen molar-refractivity contribution in [2.45, 2.75) is 130 Å². The lowest BCUT2D eigenvalue weighted by molar-refractivity contribution is -0.167. The molecule has 4 aliphatic carbocycles. The molecule has 10 atom stereocenters. The number of nitrogens with one attached hydrogen (secondary N) is 1. The quantitative estimate of drug-likeness (QED) is 0.306. The molecule has 0 aromatic carbocycles. The summed E-state index contributed by atoms with van der Waals surface area (Å²) in [6, 6.07) is 0.649. The number of aliphatic hydroxyl groups is 1. The first kappa shape index (κ1) is 26.9. The maximum atomic E-state index is 11.6. The van der Waals surface area contributed by atoms with Crippen molar-refractivity contribution in [3.8, 4) is 0 Å². The zero-order valence-electron chi connectivity index (χ0n) is 23.3. The Kier molecular flexibility index (Phi) is 8.79. The molecule has 4 fully saturated rings. The maximum absolute atomic E-state index is 11.6. The topological polar surface area (TPSA) is 58.3 Å². The van der Waals surface area contributed by atoms with Gasteiger partial charge in [0, 0.05) is 6.04 Å². The van der Waals surface area contributed by atoms with Crippen molar-refractivity contribution in [2.75, 3.05) is 13.1 Å². The Morgan fingerprint density at radius 2 is 1.62 bits per heavy atom. The highest BCUT2D eigenvalue weighted by molar-refractivity contribution is 5.12. The van der Waals surface area contributed by atoms with Crippen molar-refractivity contribution in [1.29, 1.82) is 0 Å². The van der Waals surface area contributed by atoms with Gasteiger partial charge >= 0.3 is 0 Å². The van der Waals surface area contributed by atoms with Gasteiger partial charge in [-0.15, -0.1) is 0 Å². The van der Waals surface area contributed by atoms with Crippen molar-refractivity contribution in [2.24, 2.45) is 58.0 Å². The molecule has 0 spiro atoms. The Labute approximate surface area is 211 Å². The number of nitrogens with two attached hydrogens (primary N) is 1. The number of fused-ring (bicyclic) bond motifs is 5. The van der Waals surface area contributed by atoms with E-state index in [1.165, 1.54) is 70.6 Å². The van der Waals surface area contributed by atoms with Crippen molar-refractivity contribution in [3.05, 3.63) is 0 Å². The lowest BCUT2D eigenvalue weighted by Gasteiger charge is -2.62. The van der Waals surface area contributed by atoms with Gasteiger partial charge in [0.15, 0.2) is 0 Å². The molecule has 0 heterocycles. The monoisotopic (exact) mass is 474 g/mol. The van der Waals surface area contributed by atoms with E-state index in [9.17, 15) is 5.11 Å². The van der Waals surface area contributed by atoms with Crippen LogP contribution in [0.4, 0.5) is 0 Å². The fourth-order valence-corrected chi connectivity index (χ4v) is 10.0. The zero-order chi connectivity index (χ0) is 24.5. The summed E-state index contributed by atoms with van der Waals surface area (Å²) in [7, 11) is 0. The summed E-state index contributed by atoms with van der Waals surface area (Å²) in [4.78, 5) is 0. The molecule has 34 heavy (non-hydrogen) atoms. The normalized spacial score (nSPS) is 45.0. The number of hydrogen-bond donors (Lipinski definition) is 3. The first-order valence-corrected chi connectivity index (χ1v) is 15.3. The van der Waals surface area contributed by atoms with Gasteiger partial charge in [-0.05, 0) is 130 Å². The van der Waals surface area contributed by atoms with Crippen molar-refractivity contribution < 1.29 is 5.11 Å². The number of aliphatic hydroxyl groups excluding tert-OH is 1. The van der Waals surface area contributed by atoms with Crippen LogP contribution in [-0.2, 0) is 0 Å². The SMILES string of the molecule is CC(C)CCC[C@@H](C)C1CCC2C3C(CC[C@@]21C)[C@@]1(C)CC[C@H](NCCCCN)C[C@@H]1C[C@H]3O. The van der Waals surface area contributed by atoms with Gasteiger partial charge in [-0.1, -0.05) is 53.9 Å². The third-order valence-electron chi connectivity index (χ3n) is 11.9. The third kappa shape index (κ3) is 5.14. The van der Waals surface area contributed by atoms with Gasteiger partial charge in [-0.3, -0.25) is 0 Å². The Morgan fingerprint density at radius 3 is 2.35 bits per heavy atom. The smallest absolute Gasteiger partial charge is 0.0577 e. The summed E-state index contributed by atoms with van der Waals surface area (Å²) in [5, 5.41) is 15.5. The first-order chi connectivity index (χ1) is 16.2. The highest BCUT2D eigenvalue weighted by Gasteiger charge is 2.62. The Balaban J connectivity index is 1.41. The van der Waals surface area contributed by atoms with Crippen LogP contribution in [-0.4, -0.2) is 30.3 Å². The lowest BCUT2D eigenvalue weighted by Crippen LogP contribution is -2.59. The van der Waals surface area contributed by atoms with Crippen LogP contribution >= 0.6 is 0 Å². The molecule has 198 valence electrons. The Hall–Kier alpha value is -0.120. The maximum Gasteiger partial charge on any atom is 0.0577 e. The minimum atomic E-state index is -0.0707. The zero-order valence-corrected chi connectivity index (χ0v) is 23.3. The molecule has 0 bridgehead atoms. The molecule has 0 saturated heterocycles. The van der Waals surface area contributed by atoms with Gasteiger partial charge in [0.25, 0.3) is 0 Å². The van der Waals surface area contributed by atoms with Crippen LogP contribution < -0.4 is 11.1 Å². The van der Waals surface area contributed by atoms with E-state index in [2.05, 4.69) is 39.9 Å². The molecule has 3 nitrogen and oxygen atoms in total. The second-order valence-corrected chi connectivity index (χ2v) is 14.2. The molecule has 0 radical (unpaired) electrons. The molecular formula is C31H58N2O. The van der Waals surface area contributed by atoms with Crippen molar-refractivity contribution in [1.82, 2.24) is 5.32 Å². The van der Waals surface area contributed by atoms with Gasteiger partial charge in [-0.2, -0.15) is 0 Å². The van der Waals surface area contributed by atoms with E-state index < -0.39 is 0 Å². The number of hydrogen-bond acceptors (Lipinski definition) is 3. The van der Waals surface area contributed by atoms with E-state index in [1.54, 1.807) is 0 Å². The summed E-state index contributed by atoms with van der Waals surface area (Å²) < 4.78 is 0. The van der Waals surface area contributed by atoms with Crippen LogP contribution in [0.5, 0.6) is 0 Å². The largest absolute Gasteiger partial charge is 0.393 e. The number of unbranched alkanes of at least 4 members (excludes halogenated alkanes) is 1. The molecule has 0 aliphatic heterocycles. The average Bonchev–Trinajstić information content (AvgIpc) is 3.14. The molecule has 4 aliphatic rings. The van der Waals surface area contributed by atoms with E-state index in [1.807, 2.05) is 0 Å². The number of rotatable bonds is 10. The van der Waals surface area contributed by atoms with Gasteiger partial charge < -0.3 is 16.2 Å². The highest BCUT2D eigenvalue weighted by atomic mass is 16.3. The van der Waals surface area contributed by atoms with E-state index in [0.29, 0.717) is 28.7 Å². The Morgan fingerprint density at radius 1 is 0.882 bits per heavy atom. The second-order valence-electron chi connectivity index (χ2n) is 14.2. The molecule has 4 N–H and O–H groups in total. The predicted molar refractivity (Wildman–Crippen MR) is 145 cm³/mol. The standard InChI is InChI=1S/C31H58N2O/c1-21(2)9-8-10-22(3)25-11-12-26-29-27(14-16-31(25,26)5)30(4)15-13-24(33-18-7-6-17-32)19-23(30)20-28(29)34/h21-29,33-34H,6-20,32H2,1-5H3/t22-,23-,24+,25?,26?,27?,28-,29?,30+,31-/m1/s1. The predicted octanol–water partition coefficient (Wildman–Crippen LogP) is 6.78. The molecule has 3 heteroatoms. The first-order valence-electron chi connectivity index (χ1n) is 15.3. The summed E-state index contributed by atoms with van der Waals surface area (Å²) in [6.07, 6.45) is 17.0. The van der Waals surface area contributed by atoms with E-state index in [4.69, 9.17) is 5.73 Å². The van der Waals surface area contributed by atoms with Crippen LogP contribution in [0, 0.1) is 52.3 Å². The molecule has 4 unspecified atom stereocenters. The van der Waals surface area contributed by atoms with Crippen LogP contribution in [0.25, 0.3) is 0 Å². The lowest BCUT2D eigenvalue weighted by atomic mass is 9.43. The van der Waals surface area contributed by atoms with Crippen molar-refractivity contribution >= 4 is 0 Å². The minimum Gasteiger partial charge on any atom is -0.393 e. The molecule has 4 saturated carbocycles. The summed E-state index contributed by atoms with van der Waals surface area (Å²) in [5.41, 5.74) is 6.59. The molecule has 4 rings (SSSR count). The summed E-state index contributed by atoms with van der Waals surface area (Å²) in [5.74, 6) is 5.29. The van der Waals surface area contributed by atoms with Crippen molar-refractivity contribution in [3.63, 3.8) is 0 Å². The minimum absolute atomic E-state index is 0.0707. The summed E-state index contributed by atoms with van der Waals surface area (Å²) in [6.45, 7) is 14.5. The highest BCUT2D eigenvalue weighted by Crippen LogP contribution is 2.68. The van der Waals surface area contributed by atoms with E-state index >= 15 is 0 Å². The van der Waals surface area contributed by atoms with Crippen LogP contribution in [0.15, 0.2) is 0 Å². The van der Waals surface area contributed by atoms with Gasteiger partial charge in [-0.25, -0.2) is 0 Å². The van der Waals surface area contributed by atoms with Gasteiger partial charge in [0.1, 0.15) is 0 Å². The fourth-order valence-electron chi connectivity index (χ4n) is 10.0.